The zero-order valence-electron chi connectivity index (χ0n) is 15.4. The van der Waals surface area contributed by atoms with Crippen LogP contribution in [0.25, 0.3) is 6.08 Å². The fraction of sp³-hybridized carbons (Fsp3) is 0.300. The zero-order valence-corrected chi connectivity index (χ0v) is 16.1. The summed E-state index contributed by atoms with van der Waals surface area (Å²) in [5.74, 6) is 0.401. The number of pyridine rings is 1. The highest BCUT2D eigenvalue weighted by Crippen LogP contribution is 2.32. The van der Waals surface area contributed by atoms with Crippen LogP contribution in [0, 0.1) is 0 Å². The second-order valence-corrected chi connectivity index (χ2v) is 6.82. The summed E-state index contributed by atoms with van der Waals surface area (Å²) in [5.41, 5.74) is 0.0995. The number of hydrogen-bond donors (Lipinski definition) is 1. The highest BCUT2D eigenvalue weighted by Gasteiger charge is 2.30. The molecule has 9 heteroatoms. The Morgan fingerprint density at radius 1 is 1.24 bits per heavy atom. The Labute approximate surface area is 171 Å². The number of carbonyl (C=O) groups is 1. The van der Waals surface area contributed by atoms with Crippen molar-refractivity contribution in [1.29, 1.82) is 0 Å². The third kappa shape index (κ3) is 5.95. The van der Waals surface area contributed by atoms with E-state index >= 15 is 0 Å². The van der Waals surface area contributed by atoms with Gasteiger partial charge in [0.1, 0.15) is 5.82 Å². The van der Waals surface area contributed by atoms with E-state index in [1.807, 2.05) is 12.1 Å². The Hall–Kier alpha value is -2.58. The van der Waals surface area contributed by atoms with Crippen LogP contribution in [-0.4, -0.2) is 37.2 Å². The number of nitrogens with one attached hydrogen (secondary N) is 1. The molecule has 0 atom stereocenters. The van der Waals surface area contributed by atoms with Gasteiger partial charge in [0.15, 0.2) is 0 Å². The lowest BCUT2D eigenvalue weighted by Crippen LogP contribution is -2.36. The maximum absolute atomic E-state index is 12.8. The van der Waals surface area contributed by atoms with E-state index in [-0.39, 0.29) is 17.1 Å². The summed E-state index contributed by atoms with van der Waals surface area (Å²) in [5, 5.41) is 2.80. The molecule has 1 fully saturated rings. The SMILES string of the molecule is O=C(/C=C/c1cc(C(F)(F)F)ccc1Cl)NCc1ccc(N2CCOCC2)nc1. The van der Waals surface area contributed by atoms with Gasteiger partial charge in [-0.15, -0.1) is 0 Å². The molecule has 2 heterocycles. The molecule has 3 rings (SSSR count). The number of carbonyl (C=O) groups excluding carboxylic acids is 1. The van der Waals surface area contributed by atoms with Gasteiger partial charge < -0.3 is 15.0 Å². The molecular formula is C20H19ClF3N3O2. The van der Waals surface area contributed by atoms with Gasteiger partial charge in [-0.1, -0.05) is 17.7 Å². The number of aromatic nitrogens is 1. The van der Waals surface area contributed by atoms with Crippen molar-refractivity contribution in [3.8, 4) is 0 Å². The Balaban J connectivity index is 1.56. The van der Waals surface area contributed by atoms with E-state index in [0.29, 0.717) is 13.2 Å². The third-order valence-electron chi connectivity index (χ3n) is 4.35. The number of alkyl halides is 3. The fourth-order valence-corrected chi connectivity index (χ4v) is 2.94. The first-order chi connectivity index (χ1) is 13.8. The van der Waals surface area contributed by atoms with Crippen molar-refractivity contribution in [2.45, 2.75) is 12.7 Å². The summed E-state index contributed by atoms with van der Waals surface area (Å²) < 4.78 is 43.7. The van der Waals surface area contributed by atoms with Gasteiger partial charge in [-0.2, -0.15) is 13.2 Å². The summed E-state index contributed by atoms with van der Waals surface area (Å²) in [6.07, 6.45) is -0.391. The summed E-state index contributed by atoms with van der Waals surface area (Å²) >= 11 is 5.91. The van der Waals surface area contributed by atoms with Crippen LogP contribution in [0.4, 0.5) is 19.0 Å². The van der Waals surface area contributed by atoms with E-state index in [0.717, 1.165) is 48.7 Å². The lowest BCUT2D eigenvalue weighted by atomic mass is 10.1. The Morgan fingerprint density at radius 3 is 2.66 bits per heavy atom. The molecule has 5 nitrogen and oxygen atoms in total. The molecule has 29 heavy (non-hydrogen) atoms. The lowest BCUT2D eigenvalue weighted by molar-refractivity contribution is -0.137. The second-order valence-electron chi connectivity index (χ2n) is 6.41. The van der Waals surface area contributed by atoms with Crippen molar-refractivity contribution in [2.24, 2.45) is 0 Å². The van der Waals surface area contributed by atoms with Gasteiger partial charge in [0, 0.05) is 36.9 Å². The number of hydrogen-bond acceptors (Lipinski definition) is 4. The highest BCUT2D eigenvalue weighted by atomic mass is 35.5. The van der Waals surface area contributed by atoms with Gasteiger partial charge >= 0.3 is 6.18 Å². The van der Waals surface area contributed by atoms with Crippen molar-refractivity contribution in [1.82, 2.24) is 10.3 Å². The van der Waals surface area contributed by atoms with Crippen molar-refractivity contribution >= 4 is 29.4 Å². The average molecular weight is 426 g/mol. The van der Waals surface area contributed by atoms with Crippen molar-refractivity contribution in [3.63, 3.8) is 0 Å². The van der Waals surface area contributed by atoms with E-state index in [4.69, 9.17) is 16.3 Å². The highest BCUT2D eigenvalue weighted by molar-refractivity contribution is 6.32. The Bertz CT molecular complexity index is 880. The quantitative estimate of drug-likeness (QED) is 0.738. The minimum absolute atomic E-state index is 0.119. The van der Waals surface area contributed by atoms with Crippen LogP contribution >= 0.6 is 11.6 Å². The van der Waals surface area contributed by atoms with E-state index in [2.05, 4.69) is 15.2 Å². The molecule has 0 spiro atoms. The smallest absolute Gasteiger partial charge is 0.378 e. The van der Waals surface area contributed by atoms with Crippen LogP contribution in [0.15, 0.2) is 42.6 Å². The van der Waals surface area contributed by atoms with Crippen molar-refractivity contribution in [3.05, 3.63) is 64.3 Å². The van der Waals surface area contributed by atoms with Gasteiger partial charge in [0.05, 0.1) is 18.8 Å². The lowest BCUT2D eigenvalue weighted by Gasteiger charge is -2.27. The normalized spacial score (nSPS) is 15.0. The number of rotatable bonds is 5. The molecular weight excluding hydrogens is 407 g/mol. The maximum Gasteiger partial charge on any atom is 0.416 e. The van der Waals surface area contributed by atoms with Crippen LogP contribution in [0.3, 0.4) is 0 Å². The van der Waals surface area contributed by atoms with Crippen LogP contribution in [0.1, 0.15) is 16.7 Å². The van der Waals surface area contributed by atoms with E-state index < -0.39 is 17.6 Å². The molecule has 1 aliphatic rings. The summed E-state index contributed by atoms with van der Waals surface area (Å²) in [6.45, 7) is 3.15. The standard InChI is InChI=1S/C20H19ClF3N3O2/c21-17-4-3-16(20(22,23)24)11-15(17)2-6-19(28)26-13-14-1-5-18(25-12-14)27-7-9-29-10-8-27/h1-6,11-12H,7-10,13H2,(H,26,28)/b6-2+. The van der Waals surface area contributed by atoms with Crippen molar-refractivity contribution in [2.75, 3.05) is 31.2 Å². The molecule has 0 bridgehead atoms. The molecule has 1 aromatic heterocycles. The maximum atomic E-state index is 12.8. The average Bonchev–Trinajstić information content (AvgIpc) is 2.72. The molecule has 1 amide bonds. The van der Waals surface area contributed by atoms with Gasteiger partial charge in [0.25, 0.3) is 0 Å². The molecule has 1 N–H and O–H groups in total. The van der Waals surface area contributed by atoms with Crippen LogP contribution in [0.5, 0.6) is 0 Å². The predicted molar refractivity (Wildman–Crippen MR) is 105 cm³/mol. The molecule has 0 saturated carbocycles. The monoisotopic (exact) mass is 425 g/mol. The number of halogens is 4. The number of anilines is 1. The first-order valence-corrected chi connectivity index (χ1v) is 9.31. The molecule has 2 aromatic rings. The van der Waals surface area contributed by atoms with Crippen LogP contribution < -0.4 is 10.2 Å². The minimum atomic E-state index is -4.48. The summed E-state index contributed by atoms with van der Waals surface area (Å²) in [7, 11) is 0. The Morgan fingerprint density at radius 2 is 2.00 bits per heavy atom. The van der Waals surface area contributed by atoms with E-state index in [1.165, 1.54) is 6.08 Å². The topological polar surface area (TPSA) is 54.5 Å². The van der Waals surface area contributed by atoms with E-state index in [9.17, 15) is 18.0 Å². The molecule has 1 saturated heterocycles. The second kappa shape index (κ2) is 9.28. The van der Waals surface area contributed by atoms with Crippen LogP contribution in [0.2, 0.25) is 5.02 Å². The minimum Gasteiger partial charge on any atom is -0.378 e. The summed E-state index contributed by atoms with van der Waals surface area (Å²) in [6, 6.07) is 6.70. The van der Waals surface area contributed by atoms with Crippen molar-refractivity contribution < 1.29 is 22.7 Å². The van der Waals surface area contributed by atoms with Gasteiger partial charge in [-0.25, -0.2) is 4.98 Å². The third-order valence-corrected chi connectivity index (χ3v) is 4.69. The predicted octanol–water partition coefficient (Wildman–Crippen LogP) is 3.92. The first kappa shape index (κ1) is 21.1. The fourth-order valence-electron chi connectivity index (χ4n) is 2.76. The zero-order chi connectivity index (χ0) is 20.9. The number of morpholine rings is 1. The molecule has 1 aromatic carbocycles. The van der Waals surface area contributed by atoms with Gasteiger partial charge in [0.2, 0.25) is 5.91 Å². The molecule has 0 unspecified atom stereocenters. The van der Waals surface area contributed by atoms with Crippen LogP contribution in [-0.2, 0) is 22.3 Å². The first-order valence-electron chi connectivity index (χ1n) is 8.93. The van der Waals surface area contributed by atoms with Gasteiger partial charge in [-0.3, -0.25) is 4.79 Å². The summed E-state index contributed by atoms with van der Waals surface area (Å²) in [4.78, 5) is 18.5. The number of ether oxygens (including phenoxy) is 1. The number of benzene rings is 1. The number of nitrogens with zero attached hydrogens (tertiary/aromatic N) is 2. The largest absolute Gasteiger partial charge is 0.416 e. The molecule has 1 aliphatic heterocycles. The molecule has 0 aliphatic carbocycles. The Kier molecular flexibility index (Phi) is 6.76. The molecule has 0 radical (unpaired) electrons. The number of amides is 1. The molecule has 154 valence electrons. The van der Waals surface area contributed by atoms with E-state index in [1.54, 1.807) is 6.20 Å². The van der Waals surface area contributed by atoms with Gasteiger partial charge in [-0.05, 0) is 41.5 Å².